The fourth-order valence-electron chi connectivity index (χ4n) is 3.03. The Morgan fingerprint density at radius 2 is 1.76 bits per heavy atom. The number of aliphatic carboxylic acids is 1. The van der Waals surface area contributed by atoms with Crippen molar-refractivity contribution >= 4 is 18.3 Å². The zero-order valence-corrected chi connectivity index (χ0v) is 15.9. The van der Waals surface area contributed by atoms with Gasteiger partial charge in [0.05, 0.1) is 0 Å². The topological polar surface area (TPSA) is 83.9 Å². The van der Waals surface area contributed by atoms with Gasteiger partial charge in [0, 0.05) is 18.0 Å². The fraction of sp³-hybridized carbons (Fsp3) is 0.526. The molecular formula is C19H27NO5. The largest absolute Gasteiger partial charge is 0.480 e. The summed E-state index contributed by atoms with van der Waals surface area (Å²) in [7, 11) is 1.42. The van der Waals surface area contributed by atoms with Crippen molar-refractivity contribution in [1.29, 1.82) is 0 Å². The van der Waals surface area contributed by atoms with Crippen LogP contribution in [0.5, 0.6) is 0 Å². The molecule has 0 aliphatic carbocycles. The minimum absolute atomic E-state index is 0.518. The number of rotatable bonds is 5. The van der Waals surface area contributed by atoms with E-state index in [-0.39, 0.29) is 0 Å². The lowest BCUT2D eigenvalue weighted by molar-refractivity contribution is -0.145. The van der Waals surface area contributed by atoms with Crippen LogP contribution in [-0.2, 0) is 14.9 Å². The van der Waals surface area contributed by atoms with Gasteiger partial charge in [-0.3, -0.25) is 9.69 Å². The van der Waals surface area contributed by atoms with Gasteiger partial charge in [-0.05, 0) is 44.9 Å². The fourth-order valence-corrected chi connectivity index (χ4v) is 3.03. The van der Waals surface area contributed by atoms with Gasteiger partial charge in [-0.15, -0.1) is 0 Å². The number of hydrogen-bond donors (Lipinski definition) is 1. The molecule has 6 nitrogen and oxygen atoms in total. The summed E-state index contributed by atoms with van der Waals surface area (Å²) in [6.07, 6.45) is 0.0424. The molecule has 1 aromatic rings. The average molecular weight is 349 g/mol. The Kier molecular flexibility index (Phi) is 6.00. The van der Waals surface area contributed by atoms with Crippen molar-refractivity contribution in [3.8, 4) is 0 Å². The molecular weight excluding hydrogens is 322 g/mol. The maximum absolute atomic E-state index is 12.4. The van der Waals surface area contributed by atoms with Gasteiger partial charge in [0.25, 0.3) is 0 Å². The maximum atomic E-state index is 12.4. The lowest BCUT2D eigenvalue weighted by Crippen LogP contribution is -2.54. The molecule has 0 radical (unpaired) electrons. The minimum Gasteiger partial charge on any atom is -0.480 e. The van der Waals surface area contributed by atoms with Crippen LogP contribution in [0.25, 0.3) is 0 Å². The summed E-state index contributed by atoms with van der Waals surface area (Å²) >= 11 is 0. The maximum Gasteiger partial charge on any atom is 0.410 e. The zero-order valence-electron chi connectivity index (χ0n) is 15.9. The van der Waals surface area contributed by atoms with Crippen molar-refractivity contribution in [2.75, 3.05) is 7.05 Å². The standard InChI is InChI=1S/C19H27NO5/c1-12-10-13(11-21)8-9-14(12)19(5,6)15(16(22)23)20(7)17(24)25-18(2,3)4/h8-11,15H,1-7H3,(H,22,23). The van der Waals surface area contributed by atoms with E-state index in [0.29, 0.717) is 5.56 Å². The second-order valence-corrected chi connectivity index (χ2v) is 7.75. The number of aryl methyl sites for hydroxylation is 1. The second-order valence-electron chi connectivity index (χ2n) is 7.75. The number of aldehydes is 1. The van der Waals surface area contributed by atoms with Crippen LogP contribution in [0.3, 0.4) is 0 Å². The van der Waals surface area contributed by atoms with Crippen molar-refractivity contribution in [2.24, 2.45) is 0 Å². The summed E-state index contributed by atoms with van der Waals surface area (Å²) in [6.45, 7) is 10.5. The first kappa shape index (κ1) is 20.7. The van der Waals surface area contributed by atoms with E-state index in [1.165, 1.54) is 7.05 Å². The summed E-state index contributed by atoms with van der Waals surface area (Å²) in [4.78, 5) is 36.4. The van der Waals surface area contributed by atoms with Crippen LogP contribution in [0.4, 0.5) is 4.79 Å². The molecule has 6 heteroatoms. The third kappa shape index (κ3) is 4.81. The number of likely N-dealkylation sites (N-methyl/N-ethyl adjacent to an activating group) is 1. The van der Waals surface area contributed by atoms with Gasteiger partial charge in [0.1, 0.15) is 17.9 Å². The van der Waals surface area contributed by atoms with Crippen LogP contribution in [-0.4, -0.2) is 47.0 Å². The van der Waals surface area contributed by atoms with E-state index in [4.69, 9.17) is 4.74 Å². The molecule has 0 bridgehead atoms. The van der Waals surface area contributed by atoms with Gasteiger partial charge >= 0.3 is 12.1 Å². The molecule has 1 aromatic carbocycles. The molecule has 25 heavy (non-hydrogen) atoms. The van der Waals surface area contributed by atoms with Crippen LogP contribution >= 0.6 is 0 Å². The molecule has 0 aromatic heterocycles. The Labute approximate surface area is 148 Å². The van der Waals surface area contributed by atoms with Crippen molar-refractivity contribution in [1.82, 2.24) is 4.90 Å². The Hall–Kier alpha value is -2.37. The van der Waals surface area contributed by atoms with E-state index in [1.807, 2.05) is 6.92 Å². The highest BCUT2D eigenvalue weighted by Crippen LogP contribution is 2.33. The SMILES string of the molecule is Cc1cc(C=O)ccc1C(C)(C)C(C(=O)O)N(C)C(=O)OC(C)(C)C. The Balaban J connectivity index is 3.30. The lowest BCUT2D eigenvalue weighted by atomic mass is 9.75. The summed E-state index contributed by atoms with van der Waals surface area (Å²) in [5.74, 6) is -1.13. The highest BCUT2D eigenvalue weighted by molar-refractivity contribution is 5.82. The molecule has 1 N–H and O–H groups in total. The normalized spacial score (nSPS) is 13.1. The summed E-state index contributed by atoms with van der Waals surface area (Å²) in [5.41, 5.74) is 0.437. The molecule has 138 valence electrons. The van der Waals surface area contributed by atoms with Gasteiger partial charge in [-0.25, -0.2) is 9.59 Å². The first-order chi connectivity index (χ1) is 11.3. The van der Waals surface area contributed by atoms with Gasteiger partial charge in [-0.1, -0.05) is 26.0 Å². The number of benzene rings is 1. The lowest BCUT2D eigenvalue weighted by Gasteiger charge is -2.39. The number of nitrogens with zero attached hydrogens (tertiary/aromatic N) is 1. The Bertz CT molecular complexity index is 673. The number of carboxylic acids is 1. The molecule has 1 amide bonds. The molecule has 0 aliphatic rings. The van der Waals surface area contributed by atoms with Crippen molar-refractivity contribution in [2.45, 2.75) is 58.6 Å². The highest BCUT2D eigenvalue weighted by Gasteiger charge is 2.43. The number of ether oxygens (including phenoxy) is 1. The highest BCUT2D eigenvalue weighted by atomic mass is 16.6. The number of carbonyl (C=O) groups is 3. The van der Waals surface area contributed by atoms with E-state index in [2.05, 4.69) is 0 Å². The van der Waals surface area contributed by atoms with E-state index < -0.39 is 29.1 Å². The smallest absolute Gasteiger partial charge is 0.410 e. The number of carboxylic acid groups (broad SMARTS) is 1. The van der Waals surface area contributed by atoms with Gasteiger partial charge in [0.15, 0.2) is 0 Å². The monoisotopic (exact) mass is 349 g/mol. The third-order valence-electron chi connectivity index (χ3n) is 4.07. The number of amides is 1. The number of carbonyl (C=O) groups excluding carboxylic acids is 2. The Morgan fingerprint density at radius 1 is 1.20 bits per heavy atom. The van der Waals surface area contributed by atoms with Crippen LogP contribution < -0.4 is 0 Å². The van der Waals surface area contributed by atoms with Crippen LogP contribution in [0.2, 0.25) is 0 Å². The summed E-state index contributed by atoms with van der Waals surface area (Å²) in [5, 5.41) is 9.77. The molecule has 1 atom stereocenters. The average Bonchev–Trinajstić information content (AvgIpc) is 2.44. The molecule has 0 aliphatic heterocycles. The second kappa shape index (κ2) is 7.25. The predicted molar refractivity (Wildman–Crippen MR) is 95.0 cm³/mol. The quantitative estimate of drug-likeness (QED) is 0.824. The Morgan fingerprint density at radius 3 is 2.16 bits per heavy atom. The molecule has 0 saturated heterocycles. The van der Waals surface area contributed by atoms with E-state index in [9.17, 15) is 19.5 Å². The zero-order chi connectivity index (χ0) is 19.6. The van der Waals surface area contributed by atoms with E-state index >= 15 is 0 Å². The van der Waals surface area contributed by atoms with E-state index in [0.717, 1.165) is 22.3 Å². The molecule has 0 fully saturated rings. The first-order valence-corrected chi connectivity index (χ1v) is 8.06. The third-order valence-corrected chi connectivity index (χ3v) is 4.07. The van der Waals surface area contributed by atoms with Crippen LogP contribution in [0.1, 0.15) is 56.1 Å². The van der Waals surface area contributed by atoms with Gasteiger partial charge in [0.2, 0.25) is 0 Å². The number of hydrogen-bond acceptors (Lipinski definition) is 4. The van der Waals surface area contributed by atoms with Crippen molar-refractivity contribution in [3.63, 3.8) is 0 Å². The molecule has 1 rings (SSSR count). The van der Waals surface area contributed by atoms with Crippen LogP contribution in [0, 0.1) is 6.92 Å². The summed E-state index contributed by atoms with van der Waals surface area (Å²) < 4.78 is 5.31. The van der Waals surface area contributed by atoms with Gasteiger partial charge < -0.3 is 9.84 Å². The predicted octanol–water partition coefficient (Wildman–Crippen LogP) is 3.41. The molecule has 0 heterocycles. The minimum atomic E-state index is -1.14. The van der Waals surface area contributed by atoms with Crippen LogP contribution in [0.15, 0.2) is 18.2 Å². The molecule has 0 saturated carbocycles. The molecule has 1 unspecified atom stereocenters. The van der Waals surface area contributed by atoms with E-state index in [1.54, 1.807) is 52.8 Å². The van der Waals surface area contributed by atoms with Crippen molar-refractivity contribution in [3.05, 3.63) is 34.9 Å². The van der Waals surface area contributed by atoms with Gasteiger partial charge in [-0.2, -0.15) is 0 Å². The first-order valence-electron chi connectivity index (χ1n) is 8.06. The van der Waals surface area contributed by atoms with Crippen molar-refractivity contribution < 1.29 is 24.2 Å². The summed E-state index contributed by atoms with van der Waals surface area (Å²) in [6, 6.07) is 3.95. The molecule has 0 spiro atoms.